The molecule has 0 N–H and O–H groups in total. The SMILES string of the molecule is CN1N=C(c2ccc(C(=O)N3CCC(=C(F)F)CC3)s2)CC1C(F)(F)F. The third kappa shape index (κ3) is 3.74. The number of hydrogen-bond donors (Lipinski definition) is 0. The molecule has 2 aliphatic heterocycles. The first-order valence-corrected chi connectivity index (χ1v) is 8.78. The second-order valence-corrected chi connectivity index (χ2v) is 7.29. The summed E-state index contributed by atoms with van der Waals surface area (Å²) in [4.78, 5) is 14.9. The van der Waals surface area contributed by atoms with Gasteiger partial charge in [0.05, 0.1) is 15.5 Å². The van der Waals surface area contributed by atoms with Crippen molar-refractivity contribution >= 4 is 23.0 Å². The summed E-state index contributed by atoms with van der Waals surface area (Å²) in [6.07, 6.45) is -6.05. The highest BCUT2D eigenvalue weighted by molar-refractivity contribution is 7.16. The van der Waals surface area contributed by atoms with Gasteiger partial charge in [-0.1, -0.05) is 0 Å². The van der Waals surface area contributed by atoms with Crippen molar-refractivity contribution in [1.29, 1.82) is 0 Å². The number of likely N-dealkylation sites (tertiary alicyclic amines) is 1. The Bertz CT molecular complexity index is 756. The summed E-state index contributed by atoms with van der Waals surface area (Å²) in [6, 6.07) is 1.47. The van der Waals surface area contributed by atoms with Crippen molar-refractivity contribution in [2.24, 2.45) is 5.10 Å². The molecule has 1 saturated heterocycles. The molecule has 0 bridgehead atoms. The number of halogens is 5. The van der Waals surface area contributed by atoms with Crippen LogP contribution >= 0.6 is 11.3 Å². The Kier molecular flexibility index (Phi) is 5.05. The van der Waals surface area contributed by atoms with Gasteiger partial charge in [-0.2, -0.15) is 27.1 Å². The van der Waals surface area contributed by atoms with Crippen molar-refractivity contribution in [3.8, 4) is 0 Å². The zero-order chi connectivity index (χ0) is 19.1. The van der Waals surface area contributed by atoms with E-state index in [1.54, 1.807) is 12.1 Å². The molecule has 1 aromatic rings. The van der Waals surface area contributed by atoms with Crippen LogP contribution < -0.4 is 0 Å². The fraction of sp³-hybridized carbons (Fsp3) is 0.500. The minimum absolute atomic E-state index is 0.0717. The van der Waals surface area contributed by atoms with Gasteiger partial charge in [-0.25, -0.2) is 0 Å². The van der Waals surface area contributed by atoms with Gasteiger partial charge in [-0.05, 0) is 30.5 Å². The molecule has 0 saturated carbocycles. The highest BCUT2D eigenvalue weighted by Gasteiger charge is 2.46. The molecule has 2 aliphatic rings. The van der Waals surface area contributed by atoms with E-state index in [1.165, 1.54) is 11.9 Å². The Morgan fingerprint density at radius 3 is 2.42 bits per heavy atom. The minimum Gasteiger partial charge on any atom is -0.337 e. The summed E-state index contributed by atoms with van der Waals surface area (Å²) in [5.74, 6) is -0.293. The fourth-order valence-electron chi connectivity index (χ4n) is 3.03. The molecule has 0 radical (unpaired) electrons. The zero-order valence-electron chi connectivity index (χ0n) is 13.8. The van der Waals surface area contributed by atoms with Crippen LogP contribution in [0.25, 0.3) is 0 Å². The molecule has 1 amide bonds. The van der Waals surface area contributed by atoms with E-state index in [-0.39, 0.29) is 43.8 Å². The maximum absolute atomic E-state index is 12.9. The number of thiophene rings is 1. The monoisotopic (exact) mass is 393 g/mol. The number of hydrogen-bond acceptors (Lipinski definition) is 4. The smallest absolute Gasteiger partial charge is 0.337 e. The molecule has 10 heteroatoms. The van der Waals surface area contributed by atoms with Gasteiger partial charge < -0.3 is 4.90 Å². The molecule has 1 atom stereocenters. The Morgan fingerprint density at radius 1 is 1.23 bits per heavy atom. The van der Waals surface area contributed by atoms with Gasteiger partial charge in [-0.3, -0.25) is 9.80 Å². The molecule has 1 fully saturated rings. The van der Waals surface area contributed by atoms with Crippen LogP contribution in [-0.2, 0) is 0 Å². The van der Waals surface area contributed by atoms with Crippen LogP contribution in [0.2, 0.25) is 0 Å². The standard InChI is InChI=1S/C16H16F5N3OS/c1-23-13(16(19,20)21)8-10(22-23)11-2-3-12(26-11)15(25)24-6-4-9(5-7-24)14(17)18/h2-3,13H,4-8H2,1H3. The first kappa shape index (κ1) is 18.8. The van der Waals surface area contributed by atoms with Crippen LogP contribution in [0.4, 0.5) is 22.0 Å². The maximum Gasteiger partial charge on any atom is 0.410 e. The van der Waals surface area contributed by atoms with Crippen molar-refractivity contribution in [1.82, 2.24) is 9.91 Å². The maximum atomic E-state index is 12.9. The fourth-order valence-corrected chi connectivity index (χ4v) is 3.99. The number of hydrazone groups is 1. The van der Waals surface area contributed by atoms with E-state index < -0.39 is 18.3 Å². The Morgan fingerprint density at radius 2 is 1.88 bits per heavy atom. The third-order valence-electron chi connectivity index (χ3n) is 4.52. The van der Waals surface area contributed by atoms with E-state index in [4.69, 9.17) is 0 Å². The van der Waals surface area contributed by atoms with E-state index in [2.05, 4.69) is 5.10 Å². The lowest BCUT2D eigenvalue weighted by Crippen LogP contribution is -2.37. The Labute approximate surface area is 150 Å². The van der Waals surface area contributed by atoms with E-state index in [0.29, 0.717) is 15.5 Å². The number of piperidine rings is 1. The second kappa shape index (κ2) is 6.98. The average Bonchev–Trinajstić information content (AvgIpc) is 3.20. The predicted molar refractivity (Wildman–Crippen MR) is 87.5 cm³/mol. The lowest BCUT2D eigenvalue weighted by molar-refractivity contribution is -0.174. The highest BCUT2D eigenvalue weighted by atomic mass is 32.1. The average molecular weight is 393 g/mol. The molecule has 4 nitrogen and oxygen atoms in total. The van der Waals surface area contributed by atoms with Gasteiger partial charge in [0.25, 0.3) is 12.0 Å². The molecule has 3 rings (SSSR count). The van der Waals surface area contributed by atoms with Gasteiger partial charge >= 0.3 is 6.18 Å². The molecule has 0 aliphatic carbocycles. The van der Waals surface area contributed by atoms with Crippen molar-refractivity contribution in [2.75, 3.05) is 20.1 Å². The van der Waals surface area contributed by atoms with Gasteiger partial charge in [0.2, 0.25) is 0 Å². The predicted octanol–water partition coefficient (Wildman–Crippen LogP) is 4.11. The molecule has 1 aromatic heterocycles. The van der Waals surface area contributed by atoms with Gasteiger partial charge in [0.15, 0.2) is 0 Å². The Balaban J connectivity index is 1.68. The van der Waals surface area contributed by atoms with Crippen LogP contribution in [0.1, 0.15) is 33.8 Å². The quantitative estimate of drug-likeness (QED) is 0.709. The lowest BCUT2D eigenvalue weighted by Gasteiger charge is -2.27. The topological polar surface area (TPSA) is 35.9 Å². The van der Waals surface area contributed by atoms with Gasteiger partial charge in [-0.15, -0.1) is 11.3 Å². The molecule has 26 heavy (non-hydrogen) atoms. The summed E-state index contributed by atoms with van der Waals surface area (Å²) in [6.45, 7) is 0.414. The molecule has 3 heterocycles. The summed E-state index contributed by atoms with van der Waals surface area (Å²) >= 11 is 1.08. The molecular weight excluding hydrogens is 377 g/mol. The normalized spacial score (nSPS) is 21.2. The zero-order valence-corrected chi connectivity index (χ0v) is 14.6. The second-order valence-electron chi connectivity index (χ2n) is 6.20. The third-order valence-corrected chi connectivity index (χ3v) is 5.64. The number of carbonyl (C=O) groups is 1. The van der Waals surface area contributed by atoms with Crippen LogP contribution in [0.15, 0.2) is 28.9 Å². The van der Waals surface area contributed by atoms with Crippen LogP contribution in [-0.4, -0.2) is 53.9 Å². The molecule has 0 aromatic carbocycles. The van der Waals surface area contributed by atoms with Gasteiger partial charge in [0.1, 0.15) is 6.04 Å². The first-order chi connectivity index (χ1) is 12.2. The van der Waals surface area contributed by atoms with Crippen molar-refractivity contribution in [3.05, 3.63) is 33.5 Å². The van der Waals surface area contributed by atoms with Crippen molar-refractivity contribution in [2.45, 2.75) is 31.5 Å². The van der Waals surface area contributed by atoms with Crippen molar-refractivity contribution < 1.29 is 26.7 Å². The number of alkyl halides is 3. The van der Waals surface area contributed by atoms with E-state index in [0.717, 1.165) is 16.3 Å². The highest BCUT2D eigenvalue weighted by Crippen LogP contribution is 2.34. The largest absolute Gasteiger partial charge is 0.410 e. The molecule has 1 unspecified atom stereocenters. The van der Waals surface area contributed by atoms with Gasteiger partial charge in [0, 0.05) is 26.6 Å². The summed E-state index contributed by atoms with van der Waals surface area (Å²) < 4.78 is 64.0. The van der Waals surface area contributed by atoms with Crippen LogP contribution in [0.5, 0.6) is 0 Å². The summed E-state index contributed by atoms with van der Waals surface area (Å²) in [5.41, 5.74) is 0.365. The van der Waals surface area contributed by atoms with E-state index in [1.807, 2.05) is 0 Å². The van der Waals surface area contributed by atoms with Crippen LogP contribution in [0.3, 0.4) is 0 Å². The summed E-state index contributed by atoms with van der Waals surface area (Å²) in [7, 11) is 1.27. The lowest BCUT2D eigenvalue weighted by atomic mass is 10.1. The number of rotatable bonds is 2. The van der Waals surface area contributed by atoms with E-state index in [9.17, 15) is 26.7 Å². The molecular formula is C16H16F5N3OS. The van der Waals surface area contributed by atoms with E-state index >= 15 is 0 Å². The molecule has 142 valence electrons. The minimum atomic E-state index is -4.37. The van der Waals surface area contributed by atoms with Crippen molar-refractivity contribution in [3.63, 3.8) is 0 Å². The van der Waals surface area contributed by atoms with Crippen LogP contribution in [0, 0.1) is 0 Å². The number of nitrogens with zero attached hydrogens (tertiary/aromatic N) is 3. The molecule has 0 spiro atoms. The number of carbonyl (C=O) groups excluding carboxylic acids is 1. The Hall–Kier alpha value is -1.97. The number of amides is 1. The summed E-state index contributed by atoms with van der Waals surface area (Å²) in [5, 5.41) is 4.84. The first-order valence-electron chi connectivity index (χ1n) is 7.96.